The van der Waals surface area contributed by atoms with Crippen LogP contribution in [0, 0.1) is 23.0 Å². The molecule has 1 aromatic carbocycles. The highest BCUT2D eigenvalue weighted by atomic mass is 16.6. The number of nitro groups is 1. The number of hydrogen-bond donors (Lipinski definition) is 1. The summed E-state index contributed by atoms with van der Waals surface area (Å²) in [5.74, 6) is 0.626. The molecule has 0 heterocycles. The first kappa shape index (κ1) is 15.5. The molecule has 0 aliphatic heterocycles. The largest absolute Gasteiger partial charge is 0.377 e. The Morgan fingerprint density at radius 1 is 1.32 bits per heavy atom. The lowest BCUT2D eigenvalue weighted by atomic mass is 9.97. The fourth-order valence-electron chi connectivity index (χ4n) is 2.12. The van der Waals surface area contributed by atoms with Crippen molar-refractivity contribution in [2.45, 2.75) is 53.0 Å². The van der Waals surface area contributed by atoms with Gasteiger partial charge in [-0.25, -0.2) is 0 Å². The first-order valence-corrected chi connectivity index (χ1v) is 6.99. The van der Waals surface area contributed by atoms with Gasteiger partial charge in [-0.1, -0.05) is 33.3 Å². The third kappa shape index (κ3) is 4.54. The highest BCUT2D eigenvalue weighted by Gasteiger charge is 2.17. The average Bonchev–Trinajstić information content (AvgIpc) is 2.37. The van der Waals surface area contributed by atoms with Gasteiger partial charge >= 0.3 is 0 Å². The summed E-state index contributed by atoms with van der Waals surface area (Å²) >= 11 is 0. The zero-order valence-electron chi connectivity index (χ0n) is 12.3. The first-order chi connectivity index (χ1) is 8.97. The van der Waals surface area contributed by atoms with Crippen molar-refractivity contribution in [3.8, 4) is 0 Å². The van der Waals surface area contributed by atoms with Gasteiger partial charge in [0.2, 0.25) is 0 Å². The molecule has 1 rings (SSSR count). The van der Waals surface area contributed by atoms with Crippen LogP contribution < -0.4 is 5.32 Å². The number of nitrogens with zero attached hydrogens (tertiary/aromatic N) is 1. The van der Waals surface area contributed by atoms with Crippen LogP contribution in [0.1, 0.15) is 45.6 Å². The molecule has 0 bridgehead atoms. The zero-order chi connectivity index (χ0) is 14.4. The summed E-state index contributed by atoms with van der Waals surface area (Å²) in [7, 11) is 0. The Balaban J connectivity index is 2.89. The lowest BCUT2D eigenvalue weighted by molar-refractivity contribution is -0.384. The van der Waals surface area contributed by atoms with Gasteiger partial charge in [0.05, 0.1) is 4.92 Å². The standard InChI is InChI=1S/C15H24N2O2/c1-5-11(3)9-13(6-2)16-14-10-12(4)7-8-15(14)17(18)19/h7-8,10-11,13,16H,5-6,9H2,1-4H3. The van der Waals surface area contributed by atoms with Crippen molar-refractivity contribution in [1.82, 2.24) is 0 Å². The zero-order valence-corrected chi connectivity index (χ0v) is 12.3. The minimum absolute atomic E-state index is 0.160. The fraction of sp³-hybridized carbons (Fsp3) is 0.600. The van der Waals surface area contributed by atoms with E-state index in [1.807, 2.05) is 13.0 Å². The SMILES string of the molecule is CCC(C)CC(CC)Nc1cc(C)ccc1[N+](=O)[O-]. The molecular formula is C15H24N2O2. The van der Waals surface area contributed by atoms with Crippen molar-refractivity contribution in [3.05, 3.63) is 33.9 Å². The van der Waals surface area contributed by atoms with Crippen molar-refractivity contribution in [1.29, 1.82) is 0 Å². The van der Waals surface area contributed by atoms with Gasteiger partial charge in [-0.15, -0.1) is 0 Å². The molecule has 0 aliphatic carbocycles. The summed E-state index contributed by atoms with van der Waals surface area (Å²) in [5, 5.41) is 14.4. The summed E-state index contributed by atoms with van der Waals surface area (Å²) < 4.78 is 0. The molecule has 106 valence electrons. The summed E-state index contributed by atoms with van der Waals surface area (Å²) in [4.78, 5) is 10.7. The molecule has 4 nitrogen and oxygen atoms in total. The molecule has 0 aromatic heterocycles. The number of rotatable bonds is 7. The van der Waals surface area contributed by atoms with Gasteiger partial charge in [-0.2, -0.15) is 0 Å². The molecule has 1 N–H and O–H groups in total. The molecule has 0 spiro atoms. The van der Waals surface area contributed by atoms with Gasteiger partial charge in [0.1, 0.15) is 5.69 Å². The lowest BCUT2D eigenvalue weighted by Crippen LogP contribution is -2.21. The Morgan fingerprint density at radius 2 is 2.00 bits per heavy atom. The van der Waals surface area contributed by atoms with Crippen LogP contribution >= 0.6 is 0 Å². The van der Waals surface area contributed by atoms with Gasteiger partial charge in [-0.3, -0.25) is 10.1 Å². The van der Waals surface area contributed by atoms with E-state index in [1.165, 1.54) is 0 Å². The quantitative estimate of drug-likeness (QED) is 0.581. The molecular weight excluding hydrogens is 240 g/mol. The van der Waals surface area contributed by atoms with E-state index in [1.54, 1.807) is 12.1 Å². The molecule has 0 aliphatic rings. The van der Waals surface area contributed by atoms with Crippen LogP contribution in [0.4, 0.5) is 11.4 Å². The van der Waals surface area contributed by atoms with Crippen LogP contribution in [0.3, 0.4) is 0 Å². The van der Waals surface area contributed by atoms with Crippen LogP contribution in [0.2, 0.25) is 0 Å². The molecule has 4 heteroatoms. The maximum Gasteiger partial charge on any atom is 0.292 e. The molecule has 0 saturated carbocycles. The van der Waals surface area contributed by atoms with Gasteiger partial charge in [0.15, 0.2) is 0 Å². The maximum absolute atomic E-state index is 11.0. The van der Waals surface area contributed by atoms with Crippen LogP contribution in [-0.2, 0) is 0 Å². The third-order valence-corrected chi connectivity index (χ3v) is 3.58. The van der Waals surface area contributed by atoms with Crippen molar-refractivity contribution >= 4 is 11.4 Å². The van der Waals surface area contributed by atoms with E-state index in [2.05, 4.69) is 26.1 Å². The Morgan fingerprint density at radius 3 is 2.53 bits per heavy atom. The van der Waals surface area contributed by atoms with Crippen molar-refractivity contribution < 1.29 is 4.92 Å². The number of aryl methyl sites for hydroxylation is 1. The molecule has 0 saturated heterocycles. The maximum atomic E-state index is 11.0. The number of nitrogens with one attached hydrogen (secondary N) is 1. The average molecular weight is 264 g/mol. The summed E-state index contributed by atoms with van der Waals surface area (Å²) in [6.45, 7) is 8.45. The normalized spacial score (nSPS) is 13.9. The van der Waals surface area contributed by atoms with Crippen LogP contribution in [0.15, 0.2) is 18.2 Å². The van der Waals surface area contributed by atoms with Crippen LogP contribution in [-0.4, -0.2) is 11.0 Å². The number of nitro benzene ring substituents is 1. The van der Waals surface area contributed by atoms with Gasteiger partial charge in [0, 0.05) is 12.1 Å². The smallest absolute Gasteiger partial charge is 0.292 e. The number of anilines is 1. The molecule has 0 amide bonds. The molecule has 0 radical (unpaired) electrons. The summed E-state index contributed by atoms with van der Waals surface area (Å²) in [5.41, 5.74) is 1.83. The minimum atomic E-state index is -0.322. The van der Waals surface area contributed by atoms with Crippen LogP contribution in [0.5, 0.6) is 0 Å². The van der Waals surface area contributed by atoms with Crippen molar-refractivity contribution in [2.24, 2.45) is 5.92 Å². The van der Waals surface area contributed by atoms with Gasteiger partial charge < -0.3 is 5.32 Å². The van der Waals surface area contributed by atoms with E-state index in [-0.39, 0.29) is 16.7 Å². The topological polar surface area (TPSA) is 55.2 Å². The predicted octanol–water partition coefficient (Wildman–Crippen LogP) is 4.53. The Hall–Kier alpha value is -1.58. The number of benzene rings is 1. The molecule has 0 fully saturated rings. The molecule has 2 unspecified atom stereocenters. The highest BCUT2D eigenvalue weighted by Crippen LogP contribution is 2.27. The number of hydrogen-bond acceptors (Lipinski definition) is 3. The molecule has 19 heavy (non-hydrogen) atoms. The molecule has 1 aromatic rings. The molecule has 2 atom stereocenters. The monoisotopic (exact) mass is 264 g/mol. The van der Waals surface area contributed by atoms with Gasteiger partial charge in [0.25, 0.3) is 5.69 Å². The van der Waals surface area contributed by atoms with E-state index < -0.39 is 0 Å². The lowest BCUT2D eigenvalue weighted by Gasteiger charge is -2.21. The third-order valence-electron chi connectivity index (χ3n) is 3.58. The second-order valence-electron chi connectivity index (χ2n) is 5.28. The highest BCUT2D eigenvalue weighted by molar-refractivity contribution is 5.63. The van der Waals surface area contributed by atoms with E-state index >= 15 is 0 Å². The summed E-state index contributed by atoms with van der Waals surface area (Å²) in [6, 6.07) is 5.50. The Labute approximate surface area is 115 Å². The van der Waals surface area contributed by atoms with Crippen LogP contribution in [0.25, 0.3) is 0 Å². The van der Waals surface area contributed by atoms with E-state index in [9.17, 15) is 10.1 Å². The second-order valence-corrected chi connectivity index (χ2v) is 5.28. The van der Waals surface area contributed by atoms with E-state index in [0.29, 0.717) is 11.6 Å². The predicted molar refractivity (Wildman–Crippen MR) is 79.6 cm³/mol. The Bertz CT molecular complexity index is 432. The minimum Gasteiger partial charge on any atom is -0.377 e. The van der Waals surface area contributed by atoms with Crippen molar-refractivity contribution in [2.75, 3.05) is 5.32 Å². The van der Waals surface area contributed by atoms with Gasteiger partial charge in [-0.05, 0) is 37.3 Å². The second kappa shape index (κ2) is 7.12. The van der Waals surface area contributed by atoms with E-state index in [0.717, 1.165) is 24.8 Å². The Kier molecular flexibility index (Phi) is 5.80. The summed E-state index contributed by atoms with van der Waals surface area (Å²) in [6.07, 6.45) is 3.14. The van der Waals surface area contributed by atoms with Crippen molar-refractivity contribution in [3.63, 3.8) is 0 Å². The van der Waals surface area contributed by atoms with E-state index in [4.69, 9.17) is 0 Å². The first-order valence-electron chi connectivity index (χ1n) is 6.99. The fourth-order valence-corrected chi connectivity index (χ4v) is 2.12.